The lowest BCUT2D eigenvalue weighted by atomic mass is 9.98. The monoisotopic (exact) mass is 324 g/mol. The van der Waals surface area contributed by atoms with Crippen molar-refractivity contribution >= 4 is 23.8 Å². The second kappa shape index (κ2) is 6.37. The maximum absolute atomic E-state index is 12.4. The Morgan fingerprint density at radius 1 is 1.08 bits per heavy atom. The lowest BCUT2D eigenvalue weighted by Gasteiger charge is -2.16. The molecule has 0 atom stereocenters. The molecule has 1 heterocycles. The first kappa shape index (κ1) is 15.5. The van der Waals surface area contributed by atoms with E-state index in [-0.39, 0.29) is 11.3 Å². The van der Waals surface area contributed by atoms with Gasteiger partial charge in [0.2, 0.25) is 5.78 Å². The Hall–Kier alpha value is -3.41. The van der Waals surface area contributed by atoms with Crippen LogP contribution < -0.4 is 9.47 Å². The Kier molecular flexibility index (Phi) is 4.11. The molecule has 24 heavy (non-hydrogen) atoms. The Morgan fingerprint density at radius 2 is 1.79 bits per heavy atom. The second-order valence-corrected chi connectivity index (χ2v) is 5.02. The fourth-order valence-electron chi connectivity index (χ4n) is 2.23. The first-order valence-electron chi connectivity index (χ1n) is 7.07. The number of rotatable bonds is 4. The molecule has 0 fully saturated rings. The van der Waals surface area contributed by atoms with Crippen LogP contribution in [0.4, 0.5) is 0 Å². The maximum Gasteiger partial charge on any atom is 0.347 e. The average molecular weight is 324 g/mol. The zero-order valence-corrected chi connectivity index (χ0v) is 12.4. The van der Waals surface area contributed by atoms with Gasteiger partial charge in [-0.05, 0) is 35.9 Å². The molecule has 0 saturated carbocycles. The molecular formula is C18H12O6. The third-order valence-electron chi connectivity index (χ3n) is 3.35. The molecule has 6 heteroatoms. The van der Waals surface area contributed by atoms with Crippen LogP contribution in [0.3, 0.4) is 0 Å². The Balaban J connectivity index is 1.84. The average Bonchev–Trinajstić information content (AvgIpc) is 2.58. The van der Waals surface area contributed by atoms with Gasteiger partial charge in [-0.15, -0.1) is 0 Å². The number of Topliss-reactive ketones (excluding diaryl/α,β-unsaturated/α-hetero) is 1. The van der Waals surface area contributed by atoms with Gasteiger partial charge in [0.25, 0.3) is 0 Å². The number of esters is 1. The molecule has 0 radical (unpaired) electrons. The standard InChI is InChI=1S/C18H12O6/c19-16(20)10-23-12-7-5-11(6-8-12)9-14-17(21)13-3-1-2-4-15(13)24-18(14)22/h1-9H,10H2,(H,19,20)/b14-9+. The van der Waals surface area contributed by atoms with Crippen molar-refractivity contribution in [2.45, 2.75) is 0 Å². The van der Waals surface area contributed by atoms with Gasteiger partial charge in [-0.2, -0.15) is 0 Å². The van der Waals surface area contributed by atoms with Crippen LogP contribution in [0.5, 0.6) is 11.5 Å². The minimum Gasteiger partial charge on any atom is -0.482 e. The van der Waals surface area contributed by atoms with Crippen molar-refractivity contribution in [2.24, 2.45) is 0 Å². The molecule has 120 valence electrons. The Labute approximate surface area is 136 Å². The van der Waals surface area contributed by atoms with Gasteiger partial charge < -0.3 is 14.6 Å². The highest BCUT2D eigenvalue weighted by molar-refractivity contribution is 6.30. The number of carboxylic acids is 1. The van der Waals surface area contributed by atoms with Crippen LogP contribution >= 0.6 is 0 Å². The molecule has 2 aromatic carbocycles. The first-order chi connectivity index (χ1) is 11.5. The van der Waals surface area contributed by atoms with Crippen LogP contribution in [0.2, 0.25) is 0 Å². The number of ketones is 1. The van der Waals surface area contributed by atoms with E-state index in [4.69, 9.17) is 14.6 Å². The molecule has 2 aromatic rings. The smallest absolute Gasteiger partial charge is 0.347 e. The second-order valence-electron chi connectivity index (χ2n) is 5.02. The van der Waals surface area contributed by atoms with Gasteiger partial charge in [0, 0.05) is 0 Å². The molecule has 3 rings (SSSR count). The molecule has 0 unspecified atom stereocenters. The van der Waals surface area contributed by atoms with Crippen molar-refractivity contribution in [3.05, 3.63) is 65.2 Å². The quantitative estimate of drug-likeness (QED) is 0.402. The highest BCUT2D eigenvalue weighted by Gasteiger charge is 2.30. The Bertz CT molecular complexity index is 848. The molecule has 0 aliphatic carbocycles. The minimum absolute atomic E-state index is 0.0621. The third-order valence-corrected chi connectivity index (χ3v) is 3.35. The molecule has 0 aromatic heterocycles. The number of fused-ring (bicyclic) bond motifs is 1. The van der Waals surface area contributed by atoms with E-state index in [0.29, 0.717) is 16.9 Å². The van der Waals surface area contributed by atoms with Crippen molar-refractivity contribution in [1.29, 1.82) is 0 Å². The highest BCUT2D eigenvalue weighted by Crippen LogP contribution is 2.28. The van der Waals surface area contributed by atoms with E-state index in [1.54, 1.807) is 48.5 Å². The SMILES string of the molecule is O=C(O)COc1ccc(/C=C2/C(=O)Oc3ccccc3C2=O)cc1. The van der Waals surface area contributed by atoms with Crippen molar-refractivity contribution in [2.75, 3.05) is 6.61 Å². The lowest BCUT2D eigenvalue weighted by molar-refractivity contribution is -0.139. The van der Waals surface area contributed by atoms with Gasteiger partial charge in [0.05, 0.1) is 5.56 Å². The van der Waals surface area contributed by atoms with E-state index in [1.807, 2.05) is 0 Å². The number of hydrogen-bond acceptors (Lipinski definition) is 5. The van der Waals surface area contributed by atoms with Crippen LogP contribution in [0, 0.1) is 0 Å². The number of carbonyl (C=O) groups is 3. The van der Waals surface area contributed by atoms with Gasteiger partial charge in [-0.25, -0.2) is 9.59 Å². The summed E-state index contributed by atoms with van der Waals surface area (Å²) in [5, 5.41) is 8.56. The number of carbonyl (C=O) groups excluding carboxylic acids is 2. The topological polar surface area (TPSA) is 89.9 Å². The summed E-state index contributed by atoms with van der Waals surface area (Å²) in [7, 11) is 0. The predicted octanol–water partition coefficient (Wildman–Crippen LogP) is 2.34. The summed E-state index contributed by atoms with van der Waals surface area (Å²) in [5.41, 5.74) is 0.870. The van der Waals surface area contributed by atoms with Crippen molar-refractivity contribution in [3.63, 3.8) is 0 Å². The summed E-state index contributed by atoms with van der Waals surface area (Å²) in [6.07, 6.45) is 1.43. The van der Waals surface area contributed by atoms with Gasteiger partial charge in [-0.3, -0.25) is 4.79 Å². The number of benzene rings is 2. The Morgan fingerprint density at radius 3 is 2.50 bits per heavy atom. The number of aliphatic carboxylic acids is 1. The molecule has 0 bridgehead atoms. The molecule has 0 saturated heterocycles. The van der Waals surface area contributed by atoms with Crippen molar-refractivity contribution in [3.8, 4) is 11.5 Å². The number of para-hydroxylation sites is 1. The zero-order chi connectivity index (χ0) is 17.1. The van der Waals surface area contributed by atoms with Crippen LogP contribution in [-0.2, 0) is 9.59 Å². The number of ether oxygens (including phenoxy) is 2. The molecule has 0 amide bonds. The molecular weight excluding hydrogens is 312 g/mol. The fraction of sp³-hybridized carbons (Fsp3) is 0.0556. The van der Waals surface area contributed by atoms with Crippen LogP contribution in [0.25, 0.3) is 6.08 Å². The fourth-order valence-corrected chi connectivity index (χ4v) is 2.23. The third kappa shape index (κ3) is 3.17. The van der Waals surface area contributed by atoms with E-state index in [2.05, 4.69) is 0 Å². The normalized spacial score (nSPS) is 14.9. The summed E-state index contributed by atoms with van der Waals surface area (Å²) >= 11 is 0. The van der Waals surface area contributed by atoms with E-state index in [9.17, 15) is 14.4 Å². The minimum atomic E-state index is -1.07. The van der Waals surface area contributed by atoms with E-state index < -0.39 is 24.3 Å². The predicted molar refractivity (Wildman–Crippen MR) is 84.0 cm³/mol. The van der Waals surface area contributed by atoms with Gasteiger partial charge in [-0.1, -0.05) is 24.3 Å². The van der Waals surface area contributed by atoms with Crippen molar-refractivity contribution in [1.82, 2.24) is 0 Å². The van der Waals surface area contributed by atoms with E-state index in [0.717, 1.165) is 0 Å². The summed E-state index contributed by atoms with van der Waals surface area (Å²) in [6.45, 7) is -0.442. The summed E-state index contributed by atoms with van der Waals surface area (Å²) in [6, 6.07) is 12.9. The van der Waals surface area contributed by atoms with Gasteiger partial charge in [0.1, 0.15) is 17.1 Å². The summed E-state index contributed by atoms with van der Waals surface area (Å²) < 4.78 is 10.2. The number of hydrogen-bond donors (Lipinski definition) is 1. The van der Waals surface area contributed by atoms with E-state index in [1.165, 1.54) is 6.08 Å². The zero-order valence-electron chi connectivity index (χ0n) is 12.4. The molecule has 6 nitrogen and oxygen atoms in total. The van der Waals surface area contributed by atoms with E-state index >= 15 is 0 Å². The first-order valence-corrected chi connectivity index (χ1v) is 7.07. The maximum atomic E-state index is 12.4. The number of carboxylic acid groups (broad SMARTS) is 1. The molecule has 1 aliphatic heterocycles. The lowest BCUT2D eigenvalue weighted by Crippen LogP contribution is -2.24. The summed E-state index contributed by atoms with van der Waals surface area (Å²) in [4.78, 5) is 34.9. The molecule has 0 spiro atoms. The van der Waals surface area contributed by atoms with Crippen molar-refractivity contribution < 1.29 is 29.0 Å². The van der Waals surface area contributed by atoms with Crippen LogP contribution in [0.15, 0.2) is 54.1 Å². The van der Waals surface area contributed by atoms with Gasteiger partial charge in [0.15, 0.2) is 6.61 Å². The summed E-state index contributed by atoms with van der Waals surface area (Å²) in [5.74, 6) is -1.54. The largest absolute Gasteiger partial charge is 0.482 e. The molecule has 1 aliphatic rings. The van der Waals surface area contributed by atoms with Crippen LogP contribution in [0.1, 0.15) is 15.9 Å². The van der Waals surface area contributed by atoms with Gasteiger partial charge >= 0.3 is 11.9 Å². The van der Waals surface area contributed by atoms with Crippen LogP contribution in [-0.4, -0.2) is 29.4 Å². The molecule has 1 N–H and O–H groups in total. The highest BCUT2D eigenvalue weighted by atomic mass is 16.5.